The lowest BCUT2D eigenvalue weighted by atomic mass is 10.1. The van der Waals surface area contributed by atoms with Crippen LogP contribution in [0.2, 0.25) is 0 Å². The fraction of sp³-hybridized carbons (Fsp3) is 0.320. The summed E-state index contributed by atoms with van der Waals surface area (Å²) in [6, 6.07) is 16.1. The monoisotopic (exact) mass is 516 g/mol. The van der Waals surface area contributed by atoms with Gasteiger partial charge in [0.25, 0.3) is 0 Å². The summed E-state index contributed by atoms with van der Waals surface area (Å²) in [6.07, 6.45) is 0.0129. The van der Waals surface area contributed by atoms with Gasteiger partial charge in [0.15, 0.2) is 6.61 Å². The normalized spacial score (nSPS) is 14.8. The Balaban J connectivity index is 1.49. The van der Waals surface area contributed by atoms with Crippen molar-refractivity contribution in [3.8, 4) is 21.9 Å². The van der Waals surface area contributed by atoms with Gasteiger partial charge in [-0.05, 0) is 67.3 Å². The Labute approximate surface area is 209 Å². The van der Waals surface area contributed by atoms with E-state index in [1.54, 1.807) is 41.7 Å². The van der Waals surface area contributed by atoms with Gasteiger partial charge in [0, 0.05) is 42.8 Å². The summed E-state index contributed by atoms with van der Waals surface area (Å²) in [5.74, 6) is 0.0538. The third kappa shape index (κ3) is 6.14. The van der Waals surface area contributed by atoms with E-state index in [-0.39, 0.29) is 11.0 Å². The summed E-state index contributed by atoms with van der Waals surface area (Å²) < 4.78 is 38.9. The number of ether oxygens (including phenoxy) is 2. The van der Waals surface area contributed by atoms with Crippen LogP contribution in [-0.2, 0) is 14.8 Å². The highest BCUT2D eigenvalue weighted by Gasteiger charge is 2.29. The summed E-state index contributed by atoms with van der Waals surface area (Å²) in [5.41, 5.74) is 1.79. The predicted molar refractivity (Wildman–Crippen MR) is 136 cm³/mol. The Morgan fingerprint density at radius 2 is 1.74 bits per heavy atom. The number of piperazine rings is 1. The van der Waals surface area contributed by atoms with Gasteiger partial charge in [0.05, 0.1) is 11.0 Å². The quantitative estimate of drug-likeness (QED) is 0.456. The van der Waals surface area contributed by atoms with Crippen molar-refractivity contribution in [3.63, 3.8) is 0 Å². The second-order valence-electron chi connectivity index (χ2n) is 8.40. The van der Waals surface area contributed by atoms with Crippen molar-refractivity contribution < 1.29 is 27.8 Å². The van der Waals surface area contributed by atoms with Crippen LogP contribution in [0, 0.1) is 0 Å². The maximum atomic E-state index is 13.2. The van der Waals surface area contributed by atoms with Gasteiger partial charge >= 0.3 is 5.97 Å². The van der Waals surface area contributed by atoms with Gasteiger partial charge < -0.3 is 19.5 Å². The lowest BCUT2D eigenvalue weighted by Crippen LogP contribution is -2.48. The van der Waals surface area contributed by atoms with Gasteiger partial charge in [-0.2, -0.15) is 4.31 Å². The number of anilines is 1. The maximum Gasteiger partial charge on any atom is 0.341 e. The molecule has 0 aliphatic carbocycles. The number of carboxylic acid groups (broad SMARTS) is 1. The van der Waals surface area contributed by atoms with Gasteiger partial charge in [-0.25, -0.2) is 13.2 Å². The van der Waals surface area contributed by atoms with Gasteiger partial charge in [-0.1, -0.05) is 6.07 Å². The molecule has 1 fully saturated rings. The number of thiophene rings is 1. The molecule has 8 nitrogen and oxygen atoms in total. The molecule has 0 spiro atoms. The first-order valence-electron chi connectivity index (χ1n) is 11.3. The van der Waals surface area contributed by atoms with Crippen molar-refractivity contribution in [3.05, 3.63) is 60.0 Å². The minimum Gasteiger partial charge on any atom is -0.491 e. The molecule has 2 heterocycles. The smallest absolute Gasteiger partial charge is 0.341 e. The summed E-state index contributed by atoms with van der Waals surface area (Å²) >= 11 is 1.58. The molecule has 186 valence electrons. The Morgan fingerprint density at radius 1 is 1.03 bits per heavy atom. The Kier molecular flexibility index (Phi) is 7.63. The van der Waals surface area contributed by atoms with Gasteiger partial charge in [-0.3, -0.25) is 0 Å². The number of hydrogen-bond donors (Lipinski definition) is 1. The number of nitrogens with zero attached hydrogens (tertiary/aromatic N) is 2. The molecule has 3 aromatic rings. The van der Waals surface area contributed by atoms with Crippen LogP contribution in [0.1, 0.15) is 13.8 Å². The van der Waals surface area contributed by atoms with Crippen molar-refractivity contribution in [1.82, 2.24) is 4.31 Å². The lowest BCUT2D eigenvalue weighted by Gasteiger charge is -2.35. The first-order valence-corrected chi connectivity index (χ1v) is 13.6. The second-order valence-corrected chi connectivity index (χ2v) is 11.3. The molecule has 1 aromatic heterocycles. The van der Waals surface area contributed by atoms with E-state index in [1.165, 1.54) is 4.31 Å². The van der Waals surface area contributed by atoms with E-state index in [2.05, 4.69) is 4.90 Å². The third-order valence-electron chi connectivity index (χ3n) is 5.50. The van der Waals surface area contributed by atoms with E-state index >= 15 is 0 Å². The number of hydrogen-bond acceptors (Lipinski definition) is 7. The van der Waals surface area contributed by atoms with E-state index in [9.17, 15) is 13.2 Å². The lowest BCUT2D eigenvalue weighted by molar-refractivity contribution is -0.139. The topological polar surface area (TPSA) is 96.4 Å². The van der Waals surface area contributed by atoms with E-state index in [0.717, 1.165) is 16.1 Å². The van der Waals surface area contributed by atoms with Crippen molar-refractivity contribution in [2.24, 2.45) is 0 Å². The minimum atomic E-state index is -3.62. The zero-order chi connectivity index (χ0) is 25.0. The first kappa shape index (κ1) is 25.0. The average Bonchev–Trinajstić information content (AvgIpc) is 3.38. The largest absolute Gasteiger partial charge is 0.491 e. The molecule has 1 N–H and O–H groups in total. The van der Waals surface area contributed by atoms with Crippen molar-refractivity contribution in [2.75, 3.05) is 37.7 Å². The highest BCUT2D eigenvalue weighted by molar-refractivity contribution is 7.89. The van der Waals surface area contributed by atoms with Crippen LogP contribution in [0.5, 0.6) is 11.5 Å². The molecule has 0 bridgehead atoms. The van der Waals surface area contributed by atoms with Crippen LogP contribution in [0.25, 0.3) is 10.4 Å². The molecule has 1 aliphatic rings. The van der Waals surface area contributed by atoms with E-state index in [0.29, 0.717) is 37.7 Å². The van der Waals surface area contributed by atoms with Crippen LogP contribution in [0.4, 0.5) is 5.69 Å². The summed E-state index contributed by atoms with van der Waals surface area (Å²) in [5, 5.41) is 11.0. The maximum absolute atomic E-state index is 13.2. The molecule has 35 heavy (non-hydrogen) atoms. The Morgan fingerprint density at radius 3 is 2.34 bits per heavy atom. The van der Waals surface area contributed by atoms with Gasteiger partial charge in [-0.15, -0.1) is 11.3 Å². The number of sulfonamides is 1. The standard InChI is InChI=1S/C25H28N2O6S2/c1-18(2)33-21-5-7-23(8-6-21)35(30,31)27-11-9-26(10-12-27)20-14-19(24-4-3-13-34-24)15-22(16-20)32-17-25(28)29/h3-8,13-16,18H,9-12,17H2,1-2H3,(H,28,29). The zero-order valence-corrected chi connectivity index (χ0v) is 21.2. The van der Waals surface area contributed by atoms with Crippen LogP contribution in [-0.4, -0.2) is 62.7 Å². The highest BCUT2D eigenvalue weighted by atomic mass is 32.2. The van der Waals surface area contributed by atoms with Crippen LogP contribution >= 0.6 is 11.3 Å². The Hall–Kier alpha value is -3.08. The van der Waals surface area contributed by atoms with Gasteiger partial charge in [0.1, 0.15) is 11.5 Å². The number of aliphatic carboxylic acids is 1. The predicted octanol–water partition coefficient (Wildman–Crippen LogP) is 4.18. The molecule has 1 saturated heterocycles. The molecular weight excluding hydrogens is 488 g/mol. The molecule has 10 heteroatoms. The second kappa shape index (κ2) is 10.7. The summed E-state index contributed by atoms with van der Waals surface area (Å²) in [4.78, 5) is 14.4. The van der Waals surface area contributed by atoms with Crippen LogP contribution < -0.4 is 14.4 Å². The van der Waals surface area contributed by atoms with Crippen molar-refractivity contribution in [1.29, 1.82) is 0 Å². The Bertz CT molecular complexity index is 1250. The van der Waals surface area contributed by atoms with Crippen LogP contribution in [0.15, 0.2) is 64.9 Å². The number of benzene rings is 2. The zero-order valence-electron chi connectivity index (χ0n) is 19.6. The number of rotatable bonds is 9. The molecule has 2 aromatic carbocycles. The molecule has 1 aliphatic heterocycles. The van der Waals surface area contributed by atoms with Crippen molar-refractivity contribution in [2.45, 2.75) is 24.8 Å². The average molecular weight is 517 g/mol. The third-order valence-corrected chi connectivity index (χ3v) is 8.33. The fourth-order valence-corrected chi connectivity index (χ4v) is 6.01. The molecule has 0 saturated carbocycles. The van der Waals surface area contributed by atoms with E-state index in [1.807, 2.05) is 43.5 Å². The molecule has 4 rings (SSSR count). The van der Waals surface area contributed by atoms with Crippen molar-refractivity contribution >= 4 is 33.0 Å². The molecule has 0 radical (unpaired) electrons. The number of carboxylic acids is 1. The van der Waals surface area contributed by atoms with Crippen LogP contribution in [0.3, 0.4) is 0 Å². The molecular formula is C25H28N2O6S2. The highest BCUT2D eigenvalue weighted by Crippen LogP contribution is 2.34. The first-order chi connectivity index (χ1) is 16.7. The van der Waals surface area contributed by atoms with E-state index < -0.39 is 22.6 Å². The van der Waals surface area contributed by atoms with Gasteiger partial charge in [0.2, 0.25) is 10.0 Å². The molecule has 0 unspecified atom stereocenters. The minimum absolute atomic E-state index is 0.0129. The molecule has 0 atom stereocenters. The summed E-state index contributed by atoms with van der Waals surface area (Å²) in [7, 11) is -3.62. The van der Waals surface area contributed by atoms with E-state index in [4.69, 9.17) is 14.6 Å². The fourth-order valence-electron chi connectivity index (χ4n) is 3.88. The number of carbonyl (C=O) groups is 1. The summed E-state index contributed by atoms with van der Waals surface area (Å²) in [6.45, 7) is 5.08. The molecule has 0 amide bonds. The SMILES string of the molecule is CC(C)Oc1ccc(S(=O)(=O)N2CCN(c3cc(OCC(=O)O)cc(-c4cccs4)c3)CC2)cc1.